The van der Waals surface area contributed by atoms with Crippen LogP contribution in [0.4, 0.5) is 0 Å². The molecule has 0 saturated carbocycles. The van der Waals surface area contributed by atoms with Gasteiger partial charge in [-0.1, -0.05) is 6.92 Å². The predicted molar refractivity (Wildman–Crippen MR) is 51.7 cm³/mol. The Morgan fingerprint density at radius 1 is 1.36 bits per heavy atom. The van der Waals surface area contributed by atoms with Gasteiger partial charge in [-0.2, -0.15) is 0 Å². The lowest BCUT2D eigenvalue weighted by molar-refractivity contribution is -0.137. The first-order chi connectivity index (χ1) is 6.69. The minimum absolute atomic E-state index is 0.128. The van der Waals surface area contributed by atoms with Gasteiger partial charge in [0.25, 0.3) is 0 Å². The standard InChI is InChI=1S/C10H17NO3/c1-2-9(13)8-3-5-11(6-4-8)10(14)7-12/h8,12H,2-7H2,1H3. The first kappa shape index (κ1) is 11.2. The molecule has 0 radical (unpaired) electrons. The third-order valence-corrected chi connectivity index (χ3v) is 2.79. The van der Waals surface area contributed by atoms with Gasteiger partial charge >= 0.3 is 0 Å². The van der Waals surface area contributed by atoms with Crippen molar-refractivity contribution < 1.29 is 14.7 Å². The Balaban J connectivity index is 2.38. The average Bonchev–Trinajstić information content (AvgIpc) is 2.27. The number of aliphatic hydroxyl groups is 1. The average molecular weight is 199 g/mol. The summed E-state index contributed by atoms with van der Waals surface area (Å²) in [6.45, 7) is 2.66. The molecular formula is C10H17NO3. The summed E-state index contributed by atoms with van der Waals surface area (Å²) in [4.78, 5) is 24.1. The van der Waals surface area contributed by atoms with Gasteiger partial charge in [0.2, 0.25) is 5.91 Å². The third kappa shape index (κ3) is 2.54. The number of aliphatic hydroxyl groups excluding tert-OH is 1. The number of carbonyl (C=O) groups excluding carboxylic acids is 2. The summed E-state index contributed by atoms with van der Waals surface area (Å²) < 4.78 is 0. The van der Waals surface area contributed by atoms with Crippen LogP contribution in [0.1, 0.15) is 26.2 Å². The summed E-state index contributed by atoms with van der Waals surface area (Å²) in [7, 11) is 0. The van der Waals surface area contributed by atoms with Crippen LogP contribution in [0.5, 0.6) is 0 Å². The van der Waals surface area contributed by atoms with Crippen LogP contribution in [0.3, 0.4) is 0 Å². The number of amides is 1. The van der Waals surface area contributed by atoms with E-state index < -0.39 is 6.61 Å². The van der Waals surface area contributed by atoms with Crippen molar-refractivity contribution in [2.24, 2.45) is 5.92 Å². The Morgan fingerprint density at radius 3 is 2.36 bits per heavy atom. The number of rotatable bonds is 3. The molecule has 1 aliphatic heterocycles. The largest absolute Gasteiger partial charge is 0.387 e. The normalized spacial score (nSPS) is 18.3. The highest BCUT2D eigenvalue weighted by molar-refractivity contribution is 5.81. The lowest BCUT2D eigenvalue weighted by atomic mass is 9.91. The van der Waals surface area contributed by atoms with Crippen LogP contribution in [0.15, 0.2) is 0 Å². The summed E-state index contributed by atoms with van der Waals surface area (Å²) in [6, 6.07) is 0. The molecular weight excluding hydrogens is 182 g/mol. The Kier molecular flexibility index (Phi) is 4.07. The van der Waals surface area contributed by atoms with E-state index in [9.17, 15) is 9.59 Å². The first-order valence-corrected chi connectivity index (χ1v) is 5.10. The number of nitrogens with zero attached hydrogens (tertiary/aromatic N) is 1. The second kappa shape index (κ2) is 5.10. The number of hydrogen-bond acceptors (Lipinski definition) is 3. The van der Waals surface area contributed by atoms with Gasteiger partial charge in [0, 0.05) is 25.4 Å². The summed E-state index contributed by atoms with van der Waals surface area (Å²) in [5.74, 6) is 0.191. The number of likely N-dealkylation sites (tertiary alicyclic amines) is 1. The zero-order valence-corrected chi connectivity index (χ0v) is 8.53. The van der Waals surface area contributed by atoms with E-state index in [4.69, 9.17) is 5.11 Å². The molecule has 1 saturated heterocycles. The first-order valence-electron chi connectivity index (χ1n) is 5.10. The third-order valence-electron chi connectivity index (χ3n) is 2.79. The molecule has 1 aliphatic rings. The van der Waals surface area contributed by atoms with Gasteiger partial charge in [-0.05, 0) is 12.8 Å². The van der Waals surface area contributed by atoms with Crippen molar-refractivity contribution in [2.45, 2.75) is 26.2 Å². The number of Topliss-reactive ketones (excluding diaryl/α,β-unsaturated/α-hetero) is 1. The fourth-order valence-corrected chi connectivity index (χ4v) is 1.84. The van der Waals surface area contributed by atoms with Crippen LogP contribution in [0.25, 0.3) is 0 Å². The summed E-state index contributed by atoms with van der Waals surface area (Å²) >= 11 is 0. The monoisotopic (exact) mass is 199 g/mol. The minimum Gasteiger partial charge on any atom is -0.387 e. The molecule has 4 heteroatoms. The second-order valence-corrected chi connectivity index (χ2v) is 3.63. The molecule has 80 valence electrons. The molecule has 4 nitrogen and oxygen atoms in total. The molecule has 14 heavy (non-hydrogen) atoms. The van der Waals surface area contributed by atoms with E-state index in [1.807, 2.05) is 6.92 Å². The Morgan fingerprint density at radius 2 is 1.93 bits per heavy atom. The quantitative estimate of drug-likeness (QED) is 0.706. The van der Waals surface area contributed by atoms with E-state index in [2.05, 4.69) is 0 Å². The maximum absolute atomic E-state index is 11.4. The Hall–Kier alpha value is -0.900. The van der Waals surface area contributed by atoms with Crippen LogP contribution in [-0.2, 0) is 9.59 Å². The lowest BCUT2D eigenvalue weighted by Gasteiger charge is -2.30. The lowest BCUT2D eigenvalue weighted by Crippen LogP contribution is -2.41. The molecule has 1 N–H and O–H groups in total. The van der Waals surface area contributed by atoms with Crippen molar-refractivity contribution in [3.63, 3.8) is 0 Å². The fraction of sp³-hybridized carbons (Fsp3) is 0.800. The van der Waals surface area contributed by atoms with Crippen molar-refractivity contribution >= 4 is 11.7 Å². The number of ketones is 1. The van der Waals surface area contributed by atoms with Gasteiger partial charge in [0.05, 0.1) is 0 Å². The van der Waals surface area contributed by atoms with Crippen LogP contribution < -0.4 is 0 Å². The van der Waals surface area contributed by atoms with Gasteiger partial charge < -0.3 is 10.0 Å². The summed E-state index contributed by atoms with van der Waals surface area (Å²) in [5.41, 5.74) is 0. The molecule has 0 bridgehead atoms. The maximum Gasteiger partial charge on any atom is 0.248 e. The van der Waals surface area contributed by atoms with Crippen molar-refractivity contribution in [3.8, 4) is 0 Å². The molecule has 0 atom stereocenters. The van der Waals surface area contributed by atoms with Crippen LogP contribution in [-0.4, -0.2) is 41.4 Å². The smallest absolute Gasteiger partial charge is 0.248 e. The number of carbonyl (C=O) groups is 2. The maximum atomic E-state index is 11.4. The second-order valence-electron chi connectivity index (χ2n) is 3.63. The van der Waals surface area contributed by atoms with Crippen LogP contribution in [0.2, 0.25) is 0 Å². The molecule has 1 amide bonds. The molecule has 1 heterocycles. The molecule has 0 spiro atoms. The highest BCUT2D eigenvalue weighted by atomic mass is 16.3. The molecule has 1 rings (SSSR count). The molecule has 0 aliphatic carbocycles. The Labute approximate surface area is 83.9 Å². The molecule has 0 aromatic rings. The zero-order valence-electron chi connectivity index (χ0n) is 8.53. The fourth-order valence-electron chi connectivity index (χ4n) is 1.84. The molecule has 1 fully saturated rings. The minimum atomic E-state index is -0.424. The van der Waals surface area contributed by atoms with Gasteiger partial charge in [-0.3, -0.25) is 9.59 Å². The van der Waals surface area contributed by atoms with Gasteiger partial charge in [0.15, 0.2) is 0 Å². The SMILES string of the molecule is CCC(=O)C1CCN(C(=O)CO)CC1. The highest BCUT2D eigenvalue weighted by Crippen LogP contribution is 2.19. The topological polar surface area (TPSA) is 57.6 Å². The van der Waals surface area contributed by atoms with E-state index in [0.29, 0.717) is 25.3 Å². The van der Waals surface area contributed by atoms with Crippen LogP contribution >= 0.6 is 0 Å². The molecule has 0 aromatic carbocycles. The van der Waals surface area contributed by atoms with Crippen molar-refractivity contribution in [1.82, 2.24) is 4.90 Å². The van der Waals surface area contributed by atoms with Crippen molar-refractivity contribution in [2.75, 3.05) is 19.7 Å². The van der Waals surface area contributed by atoms with E-state index in [0.717, 1.165) is 12.8 Å². The predicted octanol–water partition coefficient (Wildman–Crippen LogP) is 0.196. The molecule has 0 aromatic heterocycles. The zero-order chi connectivity index (χ0) is 10.6. The van der Waals surface area contributed by atoms with Gasteiger partial charge in [0.1, 0.15) is 12.4 Å². The van der Waals surface area contributed by atoms with Crippen molar-refractivity contribution in [1.29, 1.82) is 0 Å². The highest BCUT2D eigenvalue weighted by Gasteiger charge is 2.25. The van der Waals surface area contributed by atoms with Gasteiger partial charge in [-0.25, -0.2) is 0 Å². The molecule has 0 unspecified atom stereocenters. The van der Waals surface area contributed by atoms with E-state index in [-0.39, 0.29) is 11.8 Å². The van der Waals surface area contributed by atoms with Gasteiger partial charge in [-0.15, -0.1) is 0 Å². The van der Waals surface area contributed by atoms with E-state index >= 15 is 0 Å². The van der Waals surface area contributed by atoms with E-state index in [1.54, 1.807) is 4.90 Å². The van der Waals surface area contributed by atoms with Crippen molar-refractivity contribution in [3.05, 3.63) is 0 Å². The van der Waals surface area contributed by atoms with E-state index in [1.165, 1.54) is 0 Å². The Bertz CT molecular complexity index is 195. The summed E-state index contributed by atoms with van der Waals surface area (Å²) in [6.07, 6.45) is 2.08. The number of piperidine rings is 1. The number of hydrogen-bond donors (Lipinski definition) is 1. The summed E-state index contributed by atoms with van der Waals surface area (Å²) in [5, 5.41) is 8.65. The van der Waals surface area contributed by atoms with Crippen LogP contribution in [0, 0.1) is 5.92 Å².